The van der Waals surface area contributed by atoms with E-state index in [4.69, 9.17) is 5.73 Å². The van der Waals surface area contributed by atoms with Crippen LogP contribution in [0.4, 0.5) is 0 Å². The van der Waals surface area contributed by atoms with Gasteiger partial charge in [0.1, 0.15) is 11.3 Å². The van der Waals surface area contributed by atoms with Crippen LogP contribution in [0.5, 0.6) is 0 Å². The van der Waals surface area contributed by atoms with Crippen LogP contribution in [0, 0.1) is 0 Å². The molecule has 0 fully saturated rings. The van der Waals surface area contributed by atoms with E-state index in [0.717, 1.165) is 0 Å². The highest BCUT2D eigenvalue weighted by atomic mass is 16.3. The van der Waals surface area contributed by atoms with Crippen LogP contribution in [0.15, 0.2) is 23.7 Å². The third-order valence-corrected chi connectivity index (χ3v) is 1.60. The fourth-order valence-electron chi connectivity index (χ4n) is 0.875. The van der Waals surface area contributed by atoms with Crippen molar-refractivity contribution in [3.8, 4) is 0 Å². The van der Waals surface area contributed by atoms with Gasteiger partial charge in [-0.15, -0.1) is 0 Å². The van der Waals surface area contributed by atoms with E-state index in [-0.39, 0.29) is 5.70 Å². The first-order valence-corrected chi connectivity index (χ1v) is 3.35. The summed E-state index contributed by atoms with van der Waals surface area (Å²) in [5.41, 5.74) is 3.22. The summed E-state index contributed by atoms with van der Waals surface area (Å²) in [6.07, 6.45) is 2.66. The van der Waals surface area contributed by atoms with Gasteiger partial charge in [0.25, 0.3) is 5.91 Å². The number of nitrogens with two attached hydrogens (primary N) is 1. The van der Waals surface area contributed by atoms with E-state index < -0.39 is 17.3 Å². The van der Waals surface area contributed by atoms with Crippen LogP contribution in [0.2, 0.25) is 0 Å². The zero-order valence-corrected chi connectivity index (χ0v) is 6.53. The molecule has 1 unspecified atom stereocenters. The molecule has 0 aromatic rings. The van der Waals surface area contributed by atoms with Crippen LogP contribution in [0.1, 0.15) is 6.92 Å². The van der Waals surface area contributed by atoms with Crippen LogP contribution in [-0.2, 0) is 4.79 Å². The minimum Gasteiger partial charge on any atom is -0.507 e. The highest BCUT2D eigenvalue weighted by molar-refractivity contribution is 5.92. The van der Waals surface area contributed by atoms with Gasteiger partial charge in [-0.2, -0.15) is 0 Å². The molecule has 1 rings (SSSR count). The summed E-state index contributed by atoms with van der Waals surface area (Å²) in [5, 5.41) is 21.1. The van der Waals surface area contributed by atoms with E-state index in [9.17, 15) is 15.0 Å². The largest absolute Gasteiger partial charge is 0.507 e. The van der Waals surface area contributed by atoms with Crippen molar-refractivity contribution in [2.75, 3.05) is 0 Å². The second-order valence-electron chi connectivity index (χ2n) is 2.71. The Balaban J connectivity index is 3.09. The first-order valence-electron chi connectivity index (χ1n) is 3.35. The summed E-state index contributed by atoms with van der Waals surface area (Å²) in [5.74, 6) is -1.27. The van der Waals surface area contributed by atoms with Gasteiger partial charge in [-0.25, -0.2) is 0 Å². The molecule has 12 heavy (non-hydrogen) atoms. The van der Waals surface area contributed by atoms with E-state index in [2.05, 4.69) is 5.32 Å². The highest BCUT2D eigenvalue weighted by Crippen LogP contribution is 2.20. The highest BCUT2D eigenvalue weighted by Gasteiger charge is 2.30. The molecule has 0 saturated heterocycles. The monoisotopic (exact) mass is 170 g/mol. The van der Waals surface area contributed by atoms with Gasteiger partial charge in [0.15, 0.2) is 5.76 Å². The predicted octanol–water partition coefficient (Wildman–Crippen LogP) is -0.891. The number of aliphatic hydroxyl groups excluding tert-OH is 1. The molecule has 0 spiro atoms. The lowest BCUT2D eigenvalue weighted by atomic mass is 10.0. The van der Waals surface area contributed by atoms with Crippen LogP contribution in [0.25, 0.3) is 0 Å². The van der Waals surface area contributed by atoms with Crippen molar-refractivity contribution in [1.82, 2.24) is 5.32 Å². The molecule has 1 heterocycles. The van der Waals surface area contributed by atoms with E-state index >= 15 is 0 Å². The van der Waals surface area contributed by atoms with Crippen LogP contribution < -0.4 is 11.1 Å². The van der Waals surface area contributed by atoms with Gasteiger partial charge in [0.05, 0.1) is 0 Å². The number of aliphatic hydroxyl groups is 2. The maximum absolute atomic E-state index is 10.6. The third kappa shape index (κ3) is 1.26. The summed E-state index contributed by atoms with van der Waals surface area (Å²) < 4.78 is 0. The van der Waals surface area contributed by atoms with Gasteiger partial charge in [-0.05, 0) is 13.0 Å². The number of hydrogen-bond donors (Lipinski definition) is 4. The number of dihydropyridines is 1. The number of hydrogen-bond acceptors (Lipinski definition) is 4. The summed E-state index contributed by atoms with van der Waals surface area (Å²) in [4.78, 5) is 10.6. The van der Waals surface area contributed by atoms with Crippen molar-refractivity contribution in [3.05, 3.63) is 23.7 Å². The minimum absolute atomic E-state index is 0.178. The number of carbonyl (C=O) groups excluding carboxylic acids is 1. The molecule has 0 radical (unpaired) electrons. The smallest absolute Gasteiger partial charge is 0.268 e. The first kappa shape index (κ1) is 8.61. The summed E-state index contributed by atoms with van der Waals surface area (Å²) in [7, 11) is 0. The van der Waals surface area contributed by atoms with Gasteiger partial charge in [-0.3, -0.25) is 4.79 Å². The maximum Gasteiger partial charge on any atom is 0.268 e. The van der Waals surface area contributed by atoms with Gasteiger partial charge in [-0.1, -0.05) is 0 Å². The van der Waals surface area contributed by atoms with Crippen molar-refractivity contribution >= 4 is 5.91 Å². The Morgan fingerprint density at radius 1 is 1.75 bits per heavy atom. The molecule has 0 aromatic carbocycles. The molecule has 0 saturated carbocycles. The van der Waals surface area contributed by atoms with E-state index in [0.29, 0.717) is 0 Å². The number of nitrogens with one attached hydrogen (secondary N) is 1. The molecular formula is C7H10N2O3. The molecule has 1 atom stereocenters. The topological polar surface area (TPSA) is 95.6 Å². The molecule has 66 valence electrons. The standard InChI is InChI=1S/C7H10N2O3/c1-7(12)2-3-9-4(5(7)10)6(8)11/h2-3,9-10,12H,1H3,(H2,8,11). The molecule has 5 N–H and O–H groups in total. The minimum atomic E-state index is -1.52. The predicted molar refractivity (Wildman–Crippen MR) is 41.7 cm³/mol. The Morgan fingerprint density at radius 3 is 2.75 bits per heavy atom. The lowest BCUT2D eigenvalue weighted by Gasteiger charge is -2.24. The fraction of sp³-hybridized carbons (Fsp3) is 0.286. The molecular weight excluding hydrogens is 160 g/mol. The van der Waals surface area contributed by atoms with Gasteiger partial charge in [0.2, 0.25) is 0 Å². The first-order chi connectivity index (χ1) is 5.45. The molecule has 1 aliphatic rings. The average molecular weight is 170 g/mol. The van der Waals surface area contributed by atoms with Crippen molar-refractivity contribution in [2.24, 2.45) is 5.73 Å². The van der Waals surface area contributed by atoms with Gasteiger partial charge >= 0.3 is 0 Å². The molecule has 5 nitrogen and oxygen atoms in total. The molecule has 5 heteroatoms. The Hall–Kier alpha value is -1.49. The van der Waals surface area contributed by atoms with E-state index in [1.165, 1.54) is 19.2 Å². The number of primary amides is 1. The van der Waals surface area contributed by atoms with Gasteiger partial charge < -0.3 is 21.3 Å². The summed E-state index contributed by atoms with van der Waals surface area (Å²) in [6.45, 7) is 1.35. The number of rotatable bonds is 1. The van der Waals surface area contributed by atoms with Crippen LogP contribution >= 0.6 is 0 Å². The maximum atomic E-state index is 10.6. The van der Waals surface area contributed by atoms with Crippen molar-refractivity contribution in [2.45, 2.75) is 12.5 Å². The van der Waals surface area contributed by atoms with E-state index in [1.54, 1.807) is 0 Å². The Labute approximate surface area is 69.2 Å². The summed E-state index contributed by atoms with van der Waals surface area (Å²) in [6, 6.07) is 0. The second kappa shape index (κ2) is 2.53. The molecule has 0 aromatic heterocycles. The molecule has 1 aliphatic heterocycles. The van der Waals surface area contributed by atoms with Crippen LogP contribution in [0.3, 0.4) is 0 Å². The van der Waals surface area contributed by atoms with E-state index in [1.807, 2.05) is 0 Å². The zero-order valence-electron chi connectivity index (χ0n) is 6.53. The van der Waals surface area contributed by atoms with Crippen molar-refractivity contribution in [3.63, 3.8) is 0 Å². The number of amides is 1. The lowest BCUT2D eigenvalue weighted by molar-refractivity contribution is -0.115. The average Bonchev–Trinajstić information content (AvgIpc) is 1.94. The lowest BCUT2D eigenvalue weighted by Crippen LogP contribution is -2.36. The molecule has 1 amide bonds. The van der Waals surface area contributed by atoms with Crippen molar-refractivity contribution in [1.29, 1.82) is 0 Å². The number of carbonyl (C=O) groups is 1. The second-order valence-corrected chi connectivity index (χ2v) is 2.71. The molecule has 0 bridgehead atoms. The molecule has 0 aliphatic carbocycles. The Bertz CT molecular complexity index is 278. The Kier molecular flexibility index (Phi) is 1.81. The van der Waals surface area contributed by atoms with Crippen molar-refractivity contribution < 1.29 is 15.0 Å². The van der Waals surface area contributed by atoms with Gasteiger partial charge in [0, 0.05) is 6.20 Å². The zero-order chi connectivity index (χ0) is 9.35. The Morgan fingerprint density at radius 2 is 2.33 bits per heavy atom. The normalized spacial score (nSPS) is 28.5. The third-order valence-electron chi connectivity index (χ3n) is 1.60. The van der Waals surface area contributed by atoms with Crippen LogP contribution in [-0.4, -0.2) is 21.7 Å². The summed E-state index contributed by atoms with van der Waals surface area (Å²) >= 11 is 0. The quantitative estimate of drug-likeness (QED) is 0.410. The SMILES string of the molecule is CC1(O)C=CNC(C(N)=O)=C1O. The fourth-order valence-corrected chi connectivity index (χ4v) is 0.875.